The lowest BCUT2D eigenvalue weighted by Gasteiger charge is -2.10. The van der Waals surface area contributed by atoms with Gasteiger partial charge in [0.25, 0.3) is 0 Å². The monoisotopic (exact) mass is 398 g/mol. The second kappa shape index (κ2) is 7.46. The van der Waals surface area contributed by atoms with Crippen molar-refractivity contribution in [3.8, 4) is 17.1 Å². The highest BCUT2D eigenvalue weighted by atomic mass is 35.5. The minimum Gasteiger partial charge on any atom is -0.468 e. The van der Waals surface area contributed by atoms with Gasteiger partial charge in [-0.2, -0.15) is 0 Å². The lowest BCUT2D eigenvalue weighted by Crippen LogP contribution is -2.05. The number of benzene rings is 2. The summed E-state index contributed by atoms with van der Waals surface area (Å²) in [4.78, 5) is 14.8. The van der Waals surface area contributed by atoms with Gasteiger partial charge < -0.3 is 9.72 Å². The Hall–Kier alpha value is -2.77. The van der Waals surface area contributed by atoms with Crippen LogP contribution in [-0.2, 0) is 9.53 Å². The number of carbonyl (C=O) groups excluding carboxylic acids is 1. The van der Waals surface area contributed by atoms with Gasteiger partial charge in [0.2, 0.25) is 0 Å². The van der Waals surface area contributed by atoms with Gasteiger partial charge in [-0.05, 0) is 30.3 Å². The summed E-state index contributed by atoms with van der Waals surface area (Å²) < 4.78 is 6.65. The highest BCUT2D eigenvalue weighted by Crippen LogP contribution is 2.32. The molecule has 4 rings (SSSR count). The van der Waals surface area contributed by atoms with Gasteiger partial charge in [-0.25, -0.2) is 0 Å². The first-order valence-electron chi connectivity index (χ1n) is 8.15. The van der Waals surface area contributed by atoms with Crippen LogP contribution in [0.1, 0.15) is 0 Å². The van der Waals surface area contributed by atoms with Crippen LogP contribution in [0.2, 0.25) is 5.02 Å². The van der Waals surface area contributed by atoms with Crippen molar-refractivity contribution >= 4 is 40.2 Å². The molecule has 0 amide bonds. The van der Waals surface area contributed by atoms with Crippen molar-refractivity contribution in [2.45, 2.75) is 5.16 Å². The zero-order valence-corrected chi connectivity index (χ0v) is 15.9. The van der Waals surface area contributed by atoms with E-state index < -0.39 is 0 Å². The van der Waals surface area contributed by atoms with Gasteiger partial charge in [-0.15, -0.1) is 10.2 Å². The lowest BCUT2D eigenvalue weighted by molar-refractivity contribution is -0.137. The number of ether oxygens (including phenoxy) is 1. The van der Waals surface area contributed by atoms with E-state index in [0.717, 1.165) is 22.2 Å². The molecule has 2 aromatic heterocycles. The van der Waals surface area contributed by atoms with Crippen LogP contribution in [-0.4, -0.2) is 38.6 Å². The van der Waals surface area contributed by atoms with E-state index >= 15 is 0 Å². The number of esters is 1. The molecule has 0 atom stereocenters. The first-order valence-corrected chi connectivity index (χ1v) is 9.51. The third kappa shape index (κ3) is 3.43. The van der Waals surface area contributed by atoms with Crippen molar-refractivity contribution in [1.29, 1.82) is 0 Å². The molecule has 0 saturated heterocycles. The van der Waals surface area contributed by atoms with Crippen molar-refractivity contribution in [3.05, 3.63) is 59.8 Å². The van der Waals surface area contributed by atoms with Crippen molar-refractivity contribution in [2.75, 3.05) is 12.9 Å². The van der Waals surface area contributed by atoms with Crippen LogP contribution in [0.5, 0.6) is 0 Å². The molecule has 0 saturated carbocycles. The second-order valence-corrected chi connectivity index (χ2v) is 7.11. The van der Waals surface area contributed by atoms with E-state index in [2.05, 4.69) is 15.2 Å². The standard InChI is InChI=1S/C19H15ClN4O2S/c1-26-17(25)11-27-19-23-22-18(24(19)13-8-6-12(20)7-9-13)15-10-21-16-5-3-2-4-14(15)16/h2-10,21H,11H2,1H3. The molecule has 0 spiro atoms. The Balaban J connectivity index is 1.85. The van der Waals surface area contributed by atoms with Crippen molar-refractivity contribution in [2.24, 2.45) is 0 Å². The average molecular weight is 399 g/mol. The highest BCUT2D eigenvalue weighted by Gasteiger charge is 2.19. The number of halogens is 1. The normalized spacial score (nSPS) is 11.0. The lowest BCUT2D eigenvalue weighted by atomic mass is 10.1. The largest absolute Gasteiger partial charge is 0.468 e. The van der Waals surface area contributed by atoms with E-state index in [1.807, 2.05) is 59.3 Å². The maximum Gasteiger partial charge on any atom is 0.316 e. The molecule has 2 heterocycles. The number of nitrogens with one attached hydrogen (secondary N) is 1. The summed E-state index contributed by atoms with van der Waals surface area (Å²) in [6, 6.07) is 15.4. The molecule has 8 heteroatoms. The number of aromatic amines is 1. The number of rotatable bonds is 5. The Bertz CT molecular complexity index is 1100. The topological polar surface area (TPSA) is 72.8 Å². The molecule has 0 aliphatic carbocycles. The van der Waals surface area contributed by atoms with Crippen LogP contribution in [0.3, 0.4) is 0 Å². The fourth-order valence-electron chi connectivity index (χ4n) is 2.80. The van der Waals surface area contributed by atoms with Gasteiger partial charge in [0, 0.05) is 33.4 Å². The molecule has 136 valence electrons. The number of para-hydroxylation sites is 1. The van der Waals surface area contributed by atoms with E-state index in [1.54, 1.807) is 0 Å². The van der Waals surface area contributed by atoms with Gasteiger partial charge in [0.1, 0.15) is 0 Å². The van der Waals surface area contributed by atoms with Gasteiger partial charge in [0.05, 0.1) is 12.9 Å². The number of aromatic nitrogens is 4. The van der Waals surface area contributed by atoms with E-state index in [-0.39, 0.29) is 11.7 Å². The Morgan fingerprint density at radius 1 is 1.19 bits per heavy atom. The number of methoxy groups -OCH3 is 1. The summed E-state index contributed by atoms with van der Waals surface area (Å²) in [5, 5.41) is 11.0. The third-order valence-corrected chi connectivity index (χ3v) is 5.25. The van der Waals surface area contributed by atoms with E-state index in [1.165, 1.54) is 18.9 Å². The summed E-state index contributed by atoms with van der Waals surface area (Å²) in [5.74, 6) is 0.511. The average Bonchev–Trinajstić information content (AvgIpc) is 3.30. The number of nitrogens with zero attached hydrogens (tertiary/aromatic N) is 3. The minimum absolute atomic E-state index is 0.149. The molecule has 0 unspecified atom stereocenters. The van der Waals surface area contributed by atoms with Crippen molar-refractivity contribution in [1.82, 2.24) is 19.7 Å². The molecular formula is C19H15ClN4O2S. The Labute approximate surface area is 164 Å². The molecular weight excluding hydrogens is 384 g/mol. The van der Waals surface area contributed by atoms with Gasteiger partial charge in [0.15, 0.2) is 11.0 Å². The van der Waals surface area contributed by atoms with Crippen molar-refractivity contribution < 1.29 is 9.53 Å². The summed E-state index contributed by atoms with van der Waals surface area (Å²) in [7, 11) is 1.37. The zero-order valence-electron chi connectivity index (χ0n) is 14.3. The zero-order chi connectivity index (χ0) is 18.8. The van der Waals surface area contributed by atoms with Crippen LogP contribution in [0.4, 0.5) is 0 Å². The van der Waals surface area contributed by atoms with E-state index in [4.69, 9.17) is 16.3 Å². The SMILES string of the molecule is COC(=O)CSc1nnc(-c2c[nH]c3ccccc23)n1-c1ccc(Cl)cc1. The van der Waals surface area contributed by atoms with Crippen LogP contribution in [0.15, 0.2) is 59.9 Å². The molecule has 6 nitrogen and oxygen atoms in total. The molecule has 0 aliphatic rings. The number of hydrogen-bond acceptors (Lipinski definition) is 5. The molecule has 0 fully saturated rings. The molecule has 0 aliphatic heterocycles. The number of carbonyl (C=O) groups is 1. The highest BCUT2D eigenvalue weighted by molar-refractivity contribution is 7.99. The molecule has 4 aromatic rings. The number of hydrogen-bond donors (Lipinski definition) is 1. The van der Waals surface area contributed by atoms with Gasteiger partial charge in [-0.1, -0.05) is 41.6 Å². The van der Waals surface area contributed by atoms with E-state index in [9.17, 15) is 4.79 Å². The first-order chi connectivity index (χ1) is 13.2. The Kier molecular flexibility index (Phi) is 4.87. The number of H-pyrrole nitrogens is 1. The van der Waals surface area contributed by atoms with Crippen molar-refractivity contribution in [3.63, 3.8) is 0 Å². The Morgan fingerprint density at radius 3 is 2.74 bits per heavy atom. The molecule has 1 N–H and O–H groups in total. The smallest absolute Gasteiger partial charge is 0.316 e. The molecule has 0 bridgehead atoms. The molecule has 27 heavy (non-hydrogen) atoms. The van der Waals surface area contributed by atoms with Crippen LogP contribution >= 0.6 is 23.4 Å². The number of thioether (sulfide) groups is 1. The predicted molar refractivity (Wildman–Crippen MR) is 106 cm³/mol. The maximum absolute atomic E-state index is 11.6. The fraction of sp³-hybridized carbons (Fsp3) is 0.105. The summed E-state index contributed by atoms with van der Waals surface area (Å²) >= 11 is 7.31. The quantitative estimate of drug-likeness (QED) is 0.400. The Morgan fingerprint density at radius 2 is 1.96 bits per heavy atom. The summed E-state index contributed by atoms with van der Waals surface area (Å²) in [6.45, 7) is 0. The number of fused-ring (bicyclic) bond motifs is 1. The van der Waals surface area contributed by atoms with E-state index in [0.29, 0.717) is 16.0 Å². The third-order valence-electron chi connectivity index (χ3n) is 4.10. The van der Waals surface area contributed by atoms with Crippen LogP contribution in [0, 0.1) is 0 Å². The van der Waals surface area contributed by atoms with Gasteiger partial charge >= 0.3 is 5.97 Å². The van der Waals surface area contributed by atoms with Crippen LogP contribution < -0.4 is 0 Å². The minimum atomic E-state index is -0.320. The van der Waals surface area contributed by atoms with Crippen LogP contribution in [0.25, 0.3) is 28.0 Å². The summed E-state index contributed by atoms with van der Waals surface area (Å²) in [6.07, 6.45) is 1.91. The molecule has 0 radical (unpaired) electrons. The van der Waals surface area contributed by atoms with Gasteiger partial charge in [-0.3, -0.25) is 9.36 Å². The summed E-state index contributed by atoms with van der Waals surface area (Å²) in [5.41, 5.74) is 2.80. The first kappa shape index (κ1) is 17.6. The second-order valence-electron chi connectivity index (χ2n) is 5.73. The predicted octanol–water partition coefficient (Wildman–Crippen LogP) is 4.33. The fourth-order valence-corrected chi connectivity index (χ4v) is 3.71. The molecule has 2 aromatic carbocycles. The maximum atomic E-state index is 11.6.